The maximum absolute atomic E-state index is 14.1. The number of hydrogen-bond donors (Lipinski definition) is 15. The molecule has 0 unspecified atom stereocenters. The van der Waals surface area contributed by atoms with Crippen molar-refractivity contribution in [3.63, 3.8) is 0 Å². The van der Waals surface area contributed by atoms with Crippen molar-refractivity contribution < 1.29 is 157 Å². The molecule has 490 valence electrons. The fourth-order valence-corrected chi connectivity index (χ4v) is 10.1. The maximum atomic E-state index is 14.1. The fourth-order valence-electron chi connectivity index (χ4n) is 10.1. The molecule has 32 nitrogen and oxygen atoms in total. The highest BCUT2D eigenvalue weighted by Crippen LogP contribution is 2.42. The molecule has 5 heterocycles. The van der Waals surface area contributed by atoms with Crippen LogP contribution in [-0.4, -0.2) is 287 Å². The third-order valence-electron chi connectivity index (χ3n) is 14.9. The van der Waals surface area contributed by atoms with Gasteiger partial charge in [-0.25, -0.2) is 14.4 Å². The number of carbonyl (C=O) groups excluding carboxylic acids is 4. The number of aromatic hydroxyl groups is 2. The molecule has 0 amide bonds. The summed E-state index contributed by atoms with van der Waals surface area (Å²) in [6, 6.07) is 17.9. The van der Waals surface area contributed by atoms with Gasteiger partial charge in [0, 0.05) is 19.1 Å². The number of carbonyl (C=O) groups is 4. The van der Waals surface area contributed by atoms with Gasteiger partial charge >= 0.3 is 23.9 Å². The van der Waals surface area contributed by atoms with Crippen molar-refractivity contribution in [1.29, 1.82) is 0 Å². The van der Waals surface area contributed by atoms with Crippen molar-refractivity contribution in [1.82, 2.24) is 0 Å². The van der Waals surface area contributed by atoms with E-state index in [4.69, 9.17) is 61.6 Å². The lowest BCUT2D eigenvalue weighted by atomic mass is 9.95. The van der Waals surface area contributed by atoms with Gasteiger partial charge in [0.05, 0.1) is 32.0 Å². The van der Waals surface area contributed by atoms with Crippen molar-refractivity contribution in [3.05, 3.63) is 108 Å². The third kappa shape index (κ3) is 16.3. The van der Waals surface area contributed by atoms with Crippen molar-refractivity contribution in [2.75, 3.05) is 39.6 Å². The van der Waals surface area contributed by atoms with Crippen molar-refractivity contribution in [2.24, 2.45) is 0 Å². The van der Waals surface area contributed by atoms with E-state index in [0.29, 0.717) is 11.1 Å². The Labute approximate surface area is 504 Å². The second-order valence-electron chi connectivity index (χ2n) is 21.1. The molecule has 0 spiro atoms. The van der Waals surface area contributed by atoms with Crippen LogP contribution >= 0.6 is 0 Å². The molecule has 89 heavy (non-hydrogen) atoms. The molecule has 8 rings (SSSR count). The SMILES string of the molecule is CC(=O)OC[C@H]1O[C@@H](O[C@@H]2[C@@H](O[C@@H]3O[C@H](CO)[C@@H](O)[C@H](O)[C@H]3O)[C@@H](O[C@]3(COC(=O)C=Cc4ccc(O)cc4)O[C@H](CO)[C@@H](O)[C@@H]3OC(=O)c3ccccc3)O[C@H](CO)[C@H]2OC(=O)C=Cc2ccc(O)cc2)[C@H](O)[C@@H](O[C@@H]2O[C@H](CO)[C@@H](O)[C@H](O)[C@H]2O)[C@@H]1O. The highest BCUT2D eigenvalue weighted by molar-refractivity contribution is 5.90. The Morgan fingerprint density at radius 1 is 0.472 bits per heavy atom. The van der Waals surface area contributed by atoms with E-state index in [0.717, 1.165) is 19.1 Å². The summed E-state index contributed by atoms with van der Waals surface area (Å²) < 4.78 is 77.6. The van der Waals surface area contributed by atoms with Crippen molar-refractivity contribution in [2.45, 2.75) is 154 Å². The number of ether oxygens (including phenoxy) is 13. The lowest BCUT2D eigenvalue weighted by molar-refractivity contribution is -0.423. The van der Waals surface area contributed by atoms with Crippen LogP contribution in [0.2, 0.25) is 0 Å². The summed E-state index contributed by atoms with van der Waals surface area (Å²) in [7, 11) is 0. The predicted octanol–water partition coefficient (Wildman–Crippen LogP) is -5.55. The monoisotopic (exact) mass is 1270 g/mol. The summed E-state index contributed by atoms with van der Waals surface area (Å²) in [6.45, 7) is -5.52. The maximum Gasteiger partial charge on any atom is 0.338 e. The largest absolute Gasteiger partial charge is 0.508 e. The Hall–Kier alpha value is -6.26. The zero-order valence-corrected chi connectivity index (χ0v) is 47.0. The minimum absolute atomic E-state index is 0.105. The van der Waals surface area contributed by atoms with E-state index in [1.807, 2.05) is 0 Å². The van der Waals surface area contributed by atoms with Crippen molar-refractivity contribution >= 4 is 36.0 Å². The molecule has 3 aromatic carbocycles. The molecule has 3 aromatic rings. The Bertz CT molecular complexity index is 2840. The van der Waals surface area contributed by atoms with Crippen LogP contribution in [0.3, 0.4) is 0 Å². The van der Waals surface area contributed by atoms with Crippen LogP contribution in [0.4, 0.5) is 0 Å². The number of aliphatic hydroxyl groups excluding tert-OH is 13. The van der Waals surface area contributed by atoms with Gasteiger partial charge < -0.3 is 138 Å². The van der Waals surface area contributed by atoms with Gasteiger partial charge in [-0.1, -0.05) is 42.5 Å². The number of esters is 4. The zero-order valence-electron chi connectivity index (χ0n) is 47.0. The quantitative estimate of drug-likeness (QED) is 0.0239. The molecule has 5 aliphatic heterocycles. The van der Waals surface area contributed by atoms with E-state index in [2.05, 4.69) is 0 Å². The molecule has 0 saturated carbocycles. The minimum atomic E-state index is -2.97. The lowest BCUT2D eigenvalue weighted by Gasteiger charge is -2.51. The van der Waals surface area contributed by atoms with Crippen molar-refractivity contribution in [3.8, 4) is 11.5 Å². The van der Waals surface area contributed by atoms with Gasteiger partial charge in [-0.3, -0.25) is 4.79 Å². The molecule has 0 radical (unpaired) electrons. The van der Waals surface area contributed by atoms with Crippen LogP contribution in [0.5, 0.6) is 11.5 Å². The number of phenolic OH excluding ortho intramolecular Hbond substituents is 2. The number of rotatable bonds is 23. The van der Waals surface area contributed by atoms with E-state index in [1.165, 1.54) is 84.9 Å². The Morgan fingerprint density at radius 3 is 1.48 bits per heavy atom. The van der Waals surface area contributed by atoms with E-state index in [-0.39, 0.29) is 17.1 Å². The predicted molar refractivity (Wildman–Crippen MR) is 288 cm³/mol. The first-order valence-electron chi connectivity index (χ1n) is 27.7. The minimum Gasteiger partial charge on any atom is -0.508 e. The van der Waals surface area contributed by atoms with Crippen LogP contribution < -0.4 is 0 Å². The zero-order chi connectivity index (χ0) is 64.4. The van der Waals surface area contributed by atoms with Gasteiger partial charge in [0.25, 0.3) is 0 Å². The number of hydrogen-bond acceptors (Lipinski definition) is 32. The molecular formula is C57H70O32. The van der Waals surface area contributed by atoms with Crippen LogP contribution in [0.1, 0.15) is 28.4 Å². The lowest BCUT2D eigenvalue weighted by Crippen LogP contribution is -2.69. The molecule has 0 bridgehead atoms. The smallest absolute Gasteiger partial charge is 0.338 e. The summed E-state index contributed by atoms with van der Waals surface area (Å²) in [6.07, 6.45) is -44.9. The Kier molecular flexibility index (Phi) is 23.7. The van der Waals surface area contributed by atoms with Crippen LogP contribution in [0.25, 0.3) is 12.2 Å². The number of benzene rings is 3. The molecule has 0 aliphatic carbocycles. The fraction of sp³-hybridized carbons (Fsp3) is 0.544. The van der Waals surface area contributed by atoms with E-state index >= 15 is 0 Å². The molecule has 24 atom stereocenters. The van der Waals surface area contributed by atoms with Gasteiger partial charge in [0.1, 0.15) is 128 Å². The summed E-state index contributed by atoms with van der Waals surface area (Å²) in [5.74, 6) is -7.81. The van der Waals surface area contributed by atoms with Crippen LogP contribution in [-0.2, 0) is 76.0 Å². The second-order valence-corrected chi connectivity index (χ2v) is 21.1. The van der Waals surface area contributed by atoms with Crippen LogP contribution in [0, 0.1) is 0 Å². The third-order valence-corrected chi connectivity index (χ3v) is 14.9. The first kappa shape index (κ1) is 68.6. The molecule has 5 fully saturated rings. The first-order chi connectivity index (χ1) is 42.5. The molecule has 32 heteroatoms. The highest BCUT2D eigenvalue weighted by Gasteiger charge is 2.64. The molecular weight excluding hydrogens is 1200 g/mol. The van der Waals surface area contributed by atoms with E-state index in [1.54, 1.807) is 6.07 Å². The van der Waals surface area contributed by atoms with Gasteiger partial charge in [-0.05, 0) is 59.7 Å². The average molecular weight is 1270 g/mol. The van der Waals surface area contributed by atoms with E-state index in [9.17, 15) is 95.8 Å². The standard InChI is InChI=1S/C57H70O32/c1-25(62)77-23-35-40(69)48(84-53-44(73)42(71)38(67)31(19-58)79-53)46(75)55(82-35)85-49-47(83-37(66)18-12-27-9-15-30(64)16-10-27)34(22-61)81-56(50(49)86-54-45(74)43(72)39(68)32(20-59)80-54)89-57(24-78-36(65)17-11-26-7-13-29(63)14-8-26)51(41(70)33(21-60)88-57)87-52(76)28-5-3-2-4-6-28/h2-18,31-35,38-51,53-56,58-61,63-64,67-75H,19-24H2,1H3/t31-,32-,33-,34-,35-,38-,39-,40-,41-,42+,43+,44-,45-,46-,47-,48+,49+,50-,51+,53+,54+,55+,56-,57+/m1/s1. The Morgan fingerprint density at radius 2 is 0.955 bits per heavy atom. The summed E-state index contributed by atoms with van der Waals surface area (Å²) in [5.41, 5.74) is 0.548. The molecule has 5 aliphatic rings. The molecule has 5 saturated heterocycles. The van der Waals surface area contributed by atoms with Gasteiger partial charge in [-0.15, -0.1) is 0 Å². The molecule has 0 aromatic heterocycles. The van der Waals surface area contributed by atoms with Gasteiger partial charge in [0.15, 0.2) is 37.4 Å². The summed E-state index contributed by atoms with van der Waals surface area (Å²) in [5, 5.41) is 164. The second kappa shape index (κ2) is 30.7. The van der Waals surface area contributed by atoms with Gasteiger partial charge in [0.2, 0.25) is 5.79 Å². The Balaban J connectivity index is 1.27. The topological polar surface area (TPSA) is 492 Å². The van der Waals surface area contributed by atoms with Crippen LogP contribution in [0.15, 0.2) is 91.0 Å². The molecule has 15 N–H and O–H groups in total. The van der Waals surface area contributed by atoms with E-state index < -0.39 is 210 Å². The first-order valence-corrected chi connectivity index (χ1v) is 27.7. The summed E-state index contributed by atoms with van der Waals surface area (Å²) >= 11 is 0. The number of phenols is 2. The average Bonchev–Trinajstić information content (AvgIpc) is 1.75. The number of aliphatic hydroxyl groups is 13. The summed E-state index contributed by atoms with van der Waals surface area (Å²) in [4.78, 5) is 54.1. The highest BCUT2D eigenvalue weighted by atomic mass is 16.8. The normalized spacial score (nSPS) is 37.4. The van der Waals surface area contributed by atoms with Gasteiger partial charge in [-0.2, -0.15) is 0 Å².